The molecule has 3 atom stereocenters. The molecule has 2 aliphatic heterocycles. The van der Waals surface area contributed by atoms with Gasteiger partial charge in [0.05, 0.1) is 12.0 Å². The number of β-lactam (4-membered cyclic amide) rings is 1. The van der Waals surface area contributed by atoms with E-state index in [1.807, 2.05) is 0 Å². The van der Waals surface area contributed by atoms with Crippen LogP contribution in [-0.2, 0) is 9.59 Å². The number of rotatable bonds is 4. The Labute approximate surface area is 184 Å². The summed E-state index contributed by atoms with van der Waals surface area (Å²) in [6.07, 6.45) is -0.869. The van der Waals surface area contributed by atoms with Gasteiger partial charge >= 0.3 is 57.4 Å². The standard InChI is InChI=1S/C15H14N2O5S.K/c1-6(18)9-13(20)17-10(15(21)22)11(23-14(9)17)7-3-2-4-8(5-7)12(16)19;/h2-6,9,14,18H,1H3,(H2,16,19)(H,21,22);/q;+1/p-1/t6-,9+,14-;/m1./s1. The minimum atomic E-state index is -1.24. The van der Waals surface area contributed by atoms with Crippen LogP contribution < -0.4 is 56.5 Å². The Hall–Kier alpha value is -0.684. The predicted molar refractivity (Wildman–Crippen MR) is 81.2 cm³/mol. The van der Waals surface area contributed by atoms with Crippen LogP contribution in [0.4, 0.5) is 0 Å². The average Bonchev–Trinajstić information content (AvgIpc) is 2.82. The fourth-order valence-electron chi connectivity index (χ4n) is 2.79. The quantitative estimate of drug-likeness (QED) is 0.225. The summed E-state index contributed by atoms with van der Waals surface area (Å²) in [5.41, 5.74) is 0.474. The van der Waals surface area contributed by atoms with E-state index in [-0.39, 0.29) is 62.6 Å². The number of carbonyl (C=O) groups is 2. The largest absolute Gasteiger partial charge is 1.00 e. The number of hydrogen-bond acceptors (Lipinski definition) is 6. The van der Waals surface area contributed by atoms with E-state index in [9.17, 15) is 24.9 Å². The fourth-order valence-corrected chi connectivity index (χ4v) is 4.39. The number of nitrogens with zero attached hydrogens (tertiary/aromatic N) is 1. The van der Waals surface area contributed by atoms with Gasteiger partial charge in [0.1, 0.15) is 11.1 Å². The molecule has 1 saturated heterocycles. The van der Waals surface area contributed by atoms with Gasteiger partial charge in [0, 0.05) is 4.91 Å². The third-order valence-electron chi connectivity index (χ3n) is 3.89. The summed E-state index contributed by atoms with van der Waals surface area (Å²) < 4.78 is 0. The maximum Gasteiger partial charge on any atom is 1.00 e. The van der Waals surface area contributed by atoms with Gasteiger partial charge in [0.2, 0.25) is 5.91 Å². The van der Waals surface area contributed by atoms with Crippen LogP contribution >= 0.6 is 11.8 Å². The molecule has 2 aliphatic rings. The van der Waals surface area contributed by atoms with Gasteiger partial charge in [-0.3, -0.25) is 9.69 Å². The molecule has 0 unspecified atom stereocenters. The Kier molecular flexibility index (Phi) is 5.96. The van der Waals surface area contributed by atoms with Gasteiger partial charge in [-0.2, -0.15) is 0 Å². The van der Waals surface area contributed by atoms with Crippen LogP contribution in [0.25, 0.3) is 4.91 Å². The molecule has 1 aromatic carbocycles. The van der Waals surface area contributed by atoms with E-state index >= 15 is 0 Å². The first-order chi connectivity index (χ1) is 10.8. The van der Waals surface area contributed by atoms with Crippen LogP contribution in [0.15, 0.2) is 30.0 Å². The van der Waals surface area contributed by atoms with Gasteiger partial charge in [-0.25, -0.2) is 4.79 Å². The molecule has 24 heavy (non-hydrogen) atoms. The third-order valence-corrected chi connectivity index (χ3v) is 5.30. The molecule has 0 aliphatic carbocycles. The summed E-state index contributed by atoms with van der Waals surface area (Å²) in [5, 5.41) is 37.0. The number of carbonyl (C=O) groups excluding carboxylic acids is 1. The number of thioether (sulfide) groups is 1. The van der Waals surface area contributed by atoms with Crippen molar-refractivity contribution in [1.82, 2.24) is 4.90 Å². The molecular formula is C15H13KN2O5S. The Morgan fingerprint density at radius 1 is 1.46 bits per heavy atom. The Bertz CT molecular complexity index is 764. The number of hydrogen-bond donors (Lipinski definition) is 3. The van der Waals surface area contributed by atoms with Crippen LogP contribution in [-0.4, -0.2) is 44.4 Å². The molecule has 3 N–H and O–H groups in total. The summed E-state index contributed by atoms with van der Waals surface area (Å²) in [4.78, 5) is 25.2. The van der Waals surface area contributed by atoms with Gasteiger partial charge < -0.3 is 20.7 Å². The van der Waals surface area contributed by atoms with E-state index in [0.29, 0.717) is 10.5 Å². The summed E-state index contributed by atoms with van der Waals surface area (Å²) in [6, 6.07) is 6.10. The van der Waals surface area contributed by atoms with Gasteiger partial charge in [-0.05, 0) is 30.0 Å². The number of fused-ring (bicyclic) bond motifs is 1. The summed E-state index contributed by atoms with van der Waals surface area (Å²) in [5.74, 6) is -3.17. The van der Waals surface area contributed by atoms with E-state index in [0.717, 1.165) is 0 Å². The van der Waals surface area contributed by atoms with Crippen molar-refractivity contribution < 1.29 is 76.3 Å². The monoisotopic (exact) mass is 372 g/mol. The van der Waals surface area contributed by atoms with Crippen molar-refractivity contribution in [2.75, 3.05) is 0 Å². The van der Waals surface area contributed by atoms with E-state index in [1.165, 1.54) is 35.7 Å². The van der Waals surface area contributed by atoms with Crippen molar-refractivity contribution in [2.24, 2.45) is 5.92 Å². The molecule has 120 valence electrons. The molecule has 0 radical (unpaired) electrons. The van der Waals surface area contributed by atoms with Gasteiger partial charge in [0.25, 0.3) is 0 Å². The second-order valence-electron chi connectivity index (χ2n) is 5.38. The molecule has 7 nitrogen and oxygen atoms in total. The van der Waals surface area contributed by atoms with Gasteiger partial charge in [0.15, 0.2) is 0 Å². The number of aliphatic carboxylic acids is 1. The van der Waals surface area contributed by atoms with Crippen molar-refractivity contribution in [3.8, 4) is 0 Å². The molecule has 0 bridgehead atoms. The van der Waals surface area contributed by atoms with Crippen LogP contribution in [0.2, 0.25) is 0 Å². The molecule has 1 fully saturated rings. The third kappa shape index (κ3) is 3.10. The molecule has 2 heterocycles. The zero-order valence-electron chi connectivity index (χ0n) is 13.0. The van der Waals surface area contributed by atoms with Crippen molar-refractivity contribution in [2.45, 2.75) is 18.4 Å². The fraction of sp³-hybridized carbons (Fsp3) is 0.267. The van der Waals surface area contributed by atoms with E-state index in [4.69, 9.17) is 5.41 Å². The number of carboxylic acids is 1. The van der Waals surface area contributed by atoms with Gasteiger partial charge in [-0.1, -0.05) is 30.0 Å². The maximum atomic E-state index is 12.1. The summed E-state index contributed by atoms with van der Waals surface area (Å²) in [6.45, 7) is 1.50. The number of nitrogens with one attached hydrogen (secondary N) is 1. The summed E-state index contributed by atoms with van der Waals surface area (Å²) >= 11 is 1.18. The minimum absolute atomic E-state index is 0. The normalized spacial score (nSPS) is 23.2. The molecule has 3 rings (SSSR count). The van der Waals surface area contributed by atoms with Crippen molar-refractivity contribution in [3.05, 3.63) is 41.1 Å². The Morgan fingerprint density at radius 2 is 2.12 bits per heavy atom. The maximum absolute atomic E-state index is 12.1. The summed E-state index contributed by atoms with van der Waals surface area (Å²) in [7, 11) is 0. The first-order valence-electron chi connectivity index (χ1n) is 6.84. The van der Waals surface area contributed by atoms with E-state index in [1.54, 1.807) is 12.1 Å². The van der Waals surface area contributed by atoms with E-state index in [2.05, 4.69) is 0 Å². The molecule has 0 saturated carbocycles. The van der Waals surface area contributed by atoms with Crippen molar-refractivity contribution >= 4 is 34.4 Å². The topological polar surface area (TPSA) is 125 Å². The second-order valence-corrected chi connectivity index (χ2v) is 6.50. The predicted octanol–water partition coefficient (Wildman–Crippen LogP) is -2.96. The van der Waals surface area contributed by atoms with Crippen LogP contribution in [0.5, 0.6) is 0 Å². The first kappa shape index (κ1) is 19.6. The smallest absolute Gasteiger partial charge is 0.859 e. The second kappa shape index (κ2) is 7.28. The Morgan fingerprint density at radius 3 is 2.67 bits per heavy atom. The number of benzene rings is 1. The first-order valence-corrected chi connectivity index (χ1v) is 7.72. The zero-order valence-corrected chi connectivity index (χ0v) is 17.0. The van der Waals surface area contributed by atoms with E-state index < -0.39 is 35.2 Å². The minimum Gasteiger partial charge on any atom is -0.859 e. The van der Waals surface area contributed by atoms with Crippen LogP contribution in [0.3, 0.4) is 0 Å². The van der Waals surface area contributed by atoms with Gasteiger partial charge in [-0.15, -0.1) is 0 Å². The number of aliphatic hydroxyl groups is 1. The van der Waals surface area contributed by atoms with Crippen molar-refractivity contribution in [1.29, 1.82) is 5.41 Å². The Balaban J connectivity index is 0.00000208. The number of carboxylic acid groups (broad SMARTS) is 1. The van der Waals surface area contributed by atoms with Crippen LogP contribution in [0.1, 0.15) is 18.1 Å². The average molecular weight is 372 g/mol. The molecule has 0 aromatic heterocycles. The molecular weight excluding hydrogens is 359 g/mol. The van der Waals surface area contributed by atoms with Crippen molar-refractivity contribution in [3.63, 3.8) is 0 Å². The van der Waals surface area contributed by atoms with Crippen LogP contribution in [0, 0.1) is 11.3 Å². The molecule has 1 amide bonds. The number of amides is 1. The molecule has 0 spiro atoms. The zero-order chi connectivity index (χ0) is 16.9. The number of aliphatic hydroxyl groups excluding tert-OH is 1. The molecule has 9 heteroatoms. The SMILES string of the molecule is C[C@@H](O)[C@H]1C(=O)N2C(C(=O)O)=C(c3cccc(C(=N)[O-])c3)S[C@H]12.[K+]. The molecule has 1 aromatic rings.